The van der Waals surface area contributed by atoms with E-state index in [1.165, 1.54) is 6.07 Å². The molecule has 0 bridgehead atoms. The molecule has 1 aromatic carbocycles. The molecule has 0 unspecified atom stereocenters. The Morgan fingerprint density at radius 3 is 2.36 bits per heavy atom. The number of sulfonamides is 1. The summed E-state index contributed by atoms with van der Waals surface area (Å²) in [6.45, 7) is 3.69. The van der Waals surface area contributed by atoms with E-state index in [9.17, 15) is 8.42 Å². The number of pyridine rings is 1. The minimum Gasteiger partial charge on any atom is -0.382 e. The molecule has 2 rings (SSSR count). The van der Waals surface area contributed by atoms with Crippen LogP contribution >= 0.6 is 0 Å². The summed E-state index contributed by atoms with van der Waals surface area (Å²) < 4.78 is 23.6. The van der Waals surface area contributed by atoms with Gasteiger partial charge in [0.2, 0.25) is 10.0 Å². The Bertz CT molecular complexity index is 860. The summed E-state index contributed by atoms with van der Waals surface area (Å²) >= 11 is 0. The molecule has 0 amide bonds. The van der Waals surface area contributed by atoms with Gasteiger partial charge in [-0.2, -0.15) is 5.10 Å². The van der Waals surface area contributed by atoms with Crippen molar-refractivity contribution in [3.63, 3.8) is 0 Å². The van der Waals surface area contributed by atoms with Gasteiger partial charge in [0.1, 0.15) is 0 Å². The number of aromatic nitrogens is 1. The molecule has 0 saturated carbocycles. The molecule has 0 fully saturated rings. The molecule has 116 valence electrons. The fourth-order valence-corrected chi connectivity index (χ4v) is 3.06. The first-order valence-electron chi connectivity index (χ1n) is 6.40. The number of rotatable bonds is 3. The van der Waals surface area contributed by atoms with Crippen LogP contribution in [0.5, 0.6) is 0 Å². The first-order chi connectivity index (χ1) is 10.3. The summed E-state index contributed by atoms with van der Waals surface area (Å²) in [4.78, 5) is 4.25. The van der Waals surface area contributed by atoms with Gasteiger partial charge >= 0.3 is 0 Å². The molecule has 8 heteroatoms. The van der Waals surface area contributed by atoms with Crippen molar-refractivity contribution < 1.29 is 8.42 Å². The summed E-state index contributed by atoms with van der Waals surface area (Å²) in [5.74, 6) is 5.13. The lowest BCUT2D eigenvalue weighted by molar-refractivity contribution is 0.597. The molecule has 7 nitrogen and oxygen atoms in total. The number of benzene rings is 1. The van der Waals surface area contributed by atoms with E-state index in [4.69, 9.17) is 16.7 Å². The SMILES string of the molecule is Cc1ccc(-c2cccc(S(N)(=O)=O)c2C(N)=NN)c(C)n1. The number of primary sulfonamides is 1. The maximum Gasteiger partial charge on any atom is 0.238 e. The lowest BCUT2D eigenvalue weighted by Crippen LogP contribution is -2.23. The first kappa shape index (κ1) is 15.9. The Balaban J connectivity index is 2.88. The lowest BCUT2D eigenvalue weighted by Gasteiger charge is -2.14. The zero-order chi connectivity index (χ0) is 16.5. The highest BCUT2D eigenvalue weighted by Crippen LogP contribution is 2.30. The summed E-state index contributed by atoms with van der Waals surface area (Å²) in [6, 6.07) is 8.34. The van der Waals surface area contributed by atoms with Gasteiger partial charge in [0, 0.05) is 22.5 Å². The largest absolute Gasteiger partial charge is 0.382 e. The van der Waals surface area contributed by atoms with E-state index < -0.39 is 10.0 Å². The predicted molar refractivity (Wildman–Crippen MR) is 85.4 cm³/mol. The zero-order valence-corrected chi connectivity index (χ0v) is 13.1. The monoisotopic (exact) mass is 319 g/mol. The zero-order valence-electron chi connectivity index (χ0n) is 12.2. The molecule has 0 aliphatic heterocycles. The van der Waals surface area contributed by atoms with Crippen molar-refractivity contribution in [2.45, 2.75) is 18.7 Å². The van der Waals surface area contributed by atoms with Gasteiger partial charge in [-0.25, -0.2) is 13.6 Å². The normalized spacial score (nSPS) is 12.4. The van der Waals surface area contributed by atoms with E-state index in [0.29, 0.717) is 5.56 Å². The van der Waals surface area contributed by atoms with Gasteiger partial charge in [-0.15, -0.1) is 0 Å². The highest BCUT2D eigenvalue weighted by Gasteiger charge is 2.21. The minimum atomic E-state index is -3.98. The highest BCUT2D eigenvalue weighted by molar-refractivity contribution is 7.89. The molecule has 1 aromatic heterocycles. The van der Waals surface area contributed by atoms with Crippen LogP contribution in [0.25, 0.3) is 11.1 Å². The summed E-state index contributed by atoms with van der Waals surface area (Å²) in [5, 5.41) is 8.68. The second-order valence-electron chi connectivity index (χ2n) is 4.82. The molecular formula is C14H17N5O2S. The minimum absolute atomic E-state index is 0.111. The van der Waals surface area contributed by atoms with Crippen LogP contribution in [0.15, 0.2) is 40.3 Å². The van der Waals surface area contributed by atoms with Gasteiger partial charge in [0.05, 0.1) is 4.90 Å². The van der Waals surface area contributed by atoms with Crippen molar-refractivity contribution >= 4 is 15.9 Å². The van der Waals surface area contributed by atoms with E-state index in [0.717, 1.165) is 17.0 Å². The number of nitrogens with two attached hydrogens (primary N) is 3. The Hall–Kier alpha value is -2.45. The number of hydrazone groups is 1. The van der Waals surface area contributed by atoms with Gasteiger partial charge in [-0.1, -0.05) is 18.2 Å². The van der Waals surface area contributed by atoms with Crippen molar-refractivity contribution in [3.05, 3.63) is 47.3 Å². The van der Waals surface area contributed by atoms with Crippen LogP contribution in [-0.4, -0.2) is 19.2 Å². The standard InChI is InChI=1S/C14H17N5O2S/c1-8-6-7-10(9(2)18-8)11-4-3-5-12(22(17,20)21)13(11)14(15)19-16/h3-7H,16H2,1-2H3,(H2,15,19)(H2,17,20,21). The average Bonchev–Trinajstić information content (AvgIpc) is 2.45. The van der Waals surface area contributed by atoms with E-state index >= 15 is 0 Å². The second kappa shape index (κ2) is 5.74. The number of hydrogen-bond donors (Lipinski definition) is 3. The third-order valence-corrected chi connectivity index (χ3v) is 4.20. The van der Waals surface area contributed by atoms with Crippen LogP contribution in [0.1, 0.15) is 17.0 Å². The second-order valence-corrected chi connectivity index (χ2v) is 6.35. The third kappa shape index (κ3) is 2.92. The molecule has 0 radical (unpaired) electrons. The Morgan fingerprint density at radius 1 is 1.14 bits per heavy atom. The van der Waals surface area contributed by atoms with E-state index in [2.05, 4.69) is 10.1 Å². The van der Waals surface area contributed by atoms with E-state index in [1.54, 1.807) is 12.1 Å². The van der Waals surface area contributed by atoms with Gasteiger partial charge in [-0.3, -0.25) is 4.98 Å². The van der Waals surface area contributed by atoms with Crippen LogP contribution in [0.2, 0.25) is 0 Å². The fourth-order valence-electron chi connectivity index (χ4n) is 2.29. The lowest BCUT2D eigenvalue weighted by atomic mass is 9.97. The quantitative estimate of drug-likeness (QED) is 0.329. The molecule has 0 spiro atoms. The molecule has 0 aliphatic carbocycles. The molecular weight excluding hydrogens is 302 g/mol. The van der Waals surface area contributed by atoms with Crippen molar-refractivity contribution in [3.8, 4) is 11.1 Å². The molecule has 2 aromatic rings. The number of aryl methyl sites for hydroxylation is 2. The van der Waals surface area contributed by atoms with Crippen molar-refractivity contribution in [2.24, 2.45) is 21.8 Å². The fraction of sp³-hybridized carbons (Fsp3) is 0.143. The predicted octanol–water partition coefficient (Wildman–Crippen LogP) is 0.592. The Labute approximate surface area is 128 Å². The third-order valence-electron chi connectivity index (χ3n) is 3.24. The summed E-state index contributed by atoms with van der Waals surface area (Å²) in [7, 11) is -3.98. The number of hydrogen-bond acceptors (Lipinski definition) is 5. The highest BCUT2D eigenvalue weighted by atomic mass is 32.2. The van der Waals surface area contributed by atoms with Crippen LogP contribution < -0.4 is 16.7 Å². The maximum atomic E-state index is 11.8. The first-order valence-corrected chi connectivity index (χ1v) is 7.94. The molecule has 0 aliphatic rings. The number of amidine groups is 1. The van der Waals surface area contributed by atoms with Gasteiger partial charge in [0.25, 0.3) is 0 Å². The summed E-state index contributed by atoms with van der Waals surface area (Å²) in [6.07, 6.45) is 0. The Morgan fingerprint density at radius 2 is 1.82 bits per heavy atom. The van der Waals surface area contributed by atoms with E-state index in [1.807, 2.05) is 26.0 Å². The summed E-state index contributed by atoms with van der Waals surface area (Å²) in [5.41, 5.74) is 8.86. The number of nitrogens with zero attached hydrogens (tertiary/aromatic N) is 2. The van der Waals surface area contributed by atoms with Crippen molar-refractivity contribution in [2.75, 3.05) is 0 Å². The van der Waals surface area contributed by atoms with Gasteiger partial charge in [0.15, 0.2) is 5.84 Å². The maximum absolute atomic E-state index is 11.8. The van der Waals surface area contributed by atoms with Crippen LogP contribution in [-0.2, 0) is 10.0 Å². The molecule has 0 saturated heterocycles. The molecule has 1 heterocycles. The topological polar surface area (TPSA) is 137 Å². The van der Waals surface area contributed by atoms with Gasteiger partial charge in [-0.05, 0) is 31.5 Å². The van der Waals surface area contributed by atoms with Crippen LogP contribution in [0, 0.1) is 13.8 Å². The molecule has 0 atom stereocenters. The average molecular weight is 319 g/mol. The van der Waals surface area contributed by atoms with Crippen molar-refractivity contribution in [1.29, 1.82) is 0 Å². The van der Waals surface area contributed by atoms with Crippen LogP contribution in [0.4, 0.5) is 0 Å². The van der Waals surface area contributed by atoms with Crippen LogP contribution in [0.3, 0.4) is 0 Å². The Kier molecular flexibility index (Phi) is 4.16. The van der Waals surface area contributed by atoms with Crippen molar-refractivity contribution in [1.82, 2.24) is 4.98 Å². The molecule has 6 N–H and O–H groups in total. The van der Waals surface area contributed by atoms with Gasteiger partial charge < -0.3 is 11.6 Å². The van der Waals surface area contributed by atoms with E-state index in [-0.39, 0.29) is 16.3 Å². The smallest absolute Gasteiger partial charge is 0.238 e. The molecule has 22 heavy (non-hydrogen) atoms.